The zero-order valence-corrected chi connectivity index (χ0v) is 17.4. The predicted octanol–water partition coefficient (Wildman–Crippen LogP) is 4.35. The van der Waals surface area contributed by atoms with Crippen molar-refractivity contribution in [1.29, 1.82) is 0 Å². The van der Waals surface area contributed by atoms with Crippen LogP contribution in [0.3, 0.4) is 0 Å². The highest BCUT2D eigenvalue weighted by Gasteiger charge is 2.23. The van der Waals surface area contributed by atoms with Crippen LogP contribution < -0.4 is 10.1 Å². The Morgan fingerprint density at radius 3 is 2.23 bits per heavy atom. The van der Waals surface area contributed by atoms with E-state index in [2.05, 4.69) is 64.8 Å². The standard InChI is InChI=1S/C26H28N2O2/c1-30-25-14-8-13-22-17-28(18-24(22)25)19-26(29)27-16-15-23(20-9-4-2-5-10-20)21-11-6-3-7-12-21/h2-14,23H,15-19H2,1H3,(H,27,29). The fourth-order valence-corrected chi connectivity index (χ4v) is 4.27. The molecule has 3 aromatic carbocycles. The first kappa shape index (κ1) is 20.2. The highest BCUT2D eigenvalue weighted by Crippen LogP contribution is 2.30. The van der Waals surface area contributed by atoms with Gasteiger partial charge in [-0.2, -0.15) is 0 Å². The van der Waals surface area contributed by atoms with Crippen molar-refractivity contribution in [1.82, 2.24) is 10.2 Å². The molecule has 3 aromatic rings. The summed E-state index contributed by atoms with van der Waals surface area (Å²) in [4.78, 5) is 14.7. The molecule has 0 fully saturated rings. The second kappa shape index (κ2) is 9.59. The zero-order chi connectivity index (χ0) is 20.8. The first-order chi connectivity index (χ1) is 14.7. The number of ether oxygens (including phenoxy) is 1. The molecule has 4 nitrogen and oxygen atoms in total. The lowest BCUT2D eigenvalue weighted by Crippen LogP contribution is -2.35. The Balaban J connectivity index is 1.32. The van der Waals surface area contributed by atoms with E-state index >= 15 is 0 Å². The lowest BCUT2D eigenvalue weighted by Gasteiger charge is -2.19. The van der Waals surface area contributed by atoms with Crippen LogP contribution in [-0.4, -0.2) is 31.0 Å². The summed E-state index contributed by atoms with van der Waals surface area (Å²) in [5, 5.41) is 3.12. The predicted molar refractivity (Wildman–Crippen MR) is 119 cm³/mol. The summed E-state index contributed by atoms with van der Waals surface area (Å²) in [7, 11) is 1.70. The Morgan fingerprint density at radius 2 is 1.60 bits per heavy atom. The molecule has 0 spiro atoms. The number of rotatable bonds is 8. The first-order valence-corrected chi connectivity index (χ1v) is 10.5. The van der Waals surface area contributed by atoms with Gasteiger partial charge in [0.05, 0.1) is 13.7 Å². The number of nitrogens with one attached hydrogen (secondary N) is 1. The number of carbonyl (C=O) groups excluding carboxylic acids is 1. The third-order valence-electron chi connectivity index (χ3n) is 5.75. The minimum absolute atomic E-state index is 0.0710. The molecule has 0 saturated carbocycles. The van der Waals surface area contributed by atoms with Gasteiger partial charge in [0.15, 0.2) is 0 Å². The van der Waals surface area contributed by atoms with Crippen molar-refractivity contribution in [3.8, 4) is 5.75 Å². The van der Waals surface area contributed by atoms with Crippen molar-refractivity contribution in [2.24, 2.45) is 0 Å². The molecule has 1 heterocycles. The van der Waals surface area contributed by atoms with Crippen LogP contribution in [0.2, 0.25) is 0 Å². The maximum Gasteiger partial charge on any atom is 0.234 e. The molecular weight excluding hydrogens is 372 g/mol. The number of nitrogens with zero attached hydrogens (tertiary/aromatic N) is 1. The molecule has 0 unspecified atom stereocenters. The number of hydrogen-bond donors (Lipinski definition) is 1. The number of benzene rings is 3. The largest absolute Gasteiger partial charge is 0.496 e. The summed E-state index contributed by atoms with van der Waals surface area (Å²) in [5.74, 6) is 1.25. The van der Waals surface area contributed by atoms with E-state index in [9.17, 15) is 4.79 Å². The van der Waals surface area contributed by atoms with Gasteiger partial charge >= 0.3 is 0 Å². The van der Waals surface area contributed by atoms with Crippen LogP contribution in [0.1, 0.15) is 34.6 Å². The average Bonchev–Trinajstić information content (AvgIpc) is 3.20. The molecule has 0 bridgehead atoms. The Hall–Kier alpha value is -3.11. The minimum atomic E-state index is 0.0710. The molecule has 1 N–H and O–H groups in total. The van der Waals surface area contributed by atoms with E-state index in [4.69, 9.17) is 4.74 Å². The highest BCUT2D eigenvalue weighted by molar-refractivity contribution is 5.78. The number of methoxy groups -OCH3 is 1. The zero-order valence-electron chi connectivity index (χ0n) is 17.4. The summed E-state index contributed by atoms with van der Waals surface area (Å²) in [5.41, 5.74) is 5.00. The van der Waals surface area contributed by atoms with Crippen molar-refractivity contribution in [2.75, 3.05) is 20.2 Å². The van der Waals surface area contributed by atoms with Crippen molar-refractivity contribution < 1.29 is 9.53 Å². The van der Waals surface area contributed by atoms with E-state index < -0.39 is 0 Å². The van der Waals surface area contributed by atoms with Crippen molar-refractivity contribution in [3.63, 3.8) is 0 Å². The maximum atomic E-state index is 12.6. The van der Waals surface area contributed by atoms with Gasteiger partial charge in [0.1, 0.15) is 5.75 Å². The van der Waals surface area contributed by atoms with Crippen LogP contribution in [0.4, 0.5) is 0 Å². The summed E-state index contributed by atoms with van der Waals surface area (Å²) in [6, 6.07) is 27.1. The van der Waals surface area contributed by atoms with E-state index in [-0.39, 0.29) is 11.8 Å². The molecule has 30 heavy (non-hydrogen) atoms. The van der Waals surface area contributed by atoms with E-state index in [0.717, 1.165) is 25.3 Å². The van der Waals surface area contributed by atoms with E-state index in [0.29, 0.717) is 13.1 Å². The van der Waals surface area contributed by atoms with Crippen molar-refractivity contribution >= 4 is 5.91 Å². The topological polar surface area (TPSA) is 41.6 Å². The molecule has 0 atom stereocenters. The van der Waals surface area contributed by atoms with Gasteiger partial charge in [0.25, 0.3) is 0 Å². The lowest BCUT2D eigenvalue weighted by molar-refractivity contribution is -0.122. The summed E-state index contributed by atoms with van der Waals surface area (Å²) in [6.45, 7) is 2.59. The van der Waals surface area contributed by atoms with E-state index in [1.54, 1.807) is 7.11 Å². The number of fused-ring (bicyclic) bond motifs is 1. The van der Waals surface area contributed by atoms with Gasteiger partial charge in [-0.25, -0.2) is 0 Å². The minimum Gasteiger partial charge on any atom is -0.496 e. The van der Waals surface area contributed by atoms with Crippen LogP contribution in [0.25, 0.3) is 0 Å². The fourth-order valence-electron chi connectivity index (χ4n) is 4.27. The third kappa shape index (κ3) is 4.71. The maximum absolute atomic E-state index is 12.6. The highest BCUT2D eigenvalue weighted by atomic mass is 16.5. The smallest absolute Gasteiger partial charge is 0.234 e. The molecule has 0 aromatic heterocycles. The van der Waals surface area contributed by atoms with E-state index in [1.165, 1.54) is 22.3 Å². The van der Waals surface area contributed by atoms with Gasteiger partial charge in [-0.1, -0.05) is 72.8 Å². The molecule has 0 radical (unpaired) electrons. The fraction of sp³-hybridized carbons (Fsp3) is 0.269. The Labute approximate surface area is 178 Å². The molecule has 1 aliphatic heterocycles. The van der Waals surface area contributed by atoms with E-state index in [1.807, 2.05) is 24.3 Å². The van der Waals surface area contributed by atoms with Crippen LogP contribution in [-0.2, 0) is 17.9 Å². The SMILES string of the molecule is COc1cccc2c1CN(CC(=O)NCCC(c1ccccc1)c1ccccc1)C2. The first-order valence-electron chi connectivity index (χ1n) is 10.5. The van der Waals surface area contributed by atoms with Gasteiger partial charge in [0.2, 0.25) is 5.91 Å². The van der Waals surface area contributed by atoms with Crippen LogP contribution in [0, 0.1) is 0 Å². The normalized spacial score (nSPS) is 13.3. The van der Waals surface area contributed by atoms with Crippen molar-refractivity contribution in [2.45, 2.75) is 25.4 Å². The summed E-state index contributed by atoms with van der Waals surface area (Å²) >= 11 is 0. The average molecular weight is 401 g/mol. The second-order valence-corrected chi connectivity index (χ2v) is 7.76. The van der Waals surface area contributed by atoms with Crippen LogP contribution in [0.5, 0.6) is 5.75 Å². The van der Waals surface area contributed by atoms with Gasteiger partial charge in [-0.3, -0.25) is 9.69 Å². The van der Waals surface area contributed by atoms with Gasteiger partial charge in [0, 0.05) is 31.1 Å². The number of hydrogen-bond acceptors (Lipinski definition) is 3. The van der Waals surface area contributed by atoms with Gasteiger partial charge < -0.3 is 10.1 Å². The van der Waals surface area contributed by atoms with Crippen LogP contribution in [0.15, 0.2) is 78.9 Å². The molecule has 1 aliphatic rings. The molecule has 154 valence electrons. The molecular formula is C26H28N2O2. The van der Waals surface area contributed by atoms with Gasteiger partial charge in [-0.15, -0.1) is 0 Å². The Morgan fingerprint density at radius 1 is 0.933 bits per heavy atom. The summed E-state index contributed by atoms with van der Waals surface area (Å²) in [6.07, 6.45) is 0.869. The third-order valence-corrected chi connectivity index (χ3v) is 5.75. The molecule has 4 rings (SSSR count). The Kier molecular flexibility index (Phi) is 6.45. The lowest BCUT2D eigenvalue weighted by atomic mass is 9.88. The summed E-state index contributed by atoms with van der Waals surface area (Å²) < 4.78 is 5.46. The number of amides is 1. The molecule has 0 aliphatic carbocycles. The Bertz CT molecular complexity index is 933. The number of carbonyl (C=O) groups is 1. The van der Waals surface area contributed by atoms with Gasteiger partial charge in [-0.05, 0) is 29.2 Å². The van der Waals surface area contributed by atoms with Crippen molar-refractivity contribution in [3.05, 3.63) is 101 Å². The monoisotopic (exact) mass is 400 g/mol. The molecule has 4 heteroatoms. The quantitative estimate of drug-likeness (QED) is 0.611. The van der Waals surface area contributed by atoms with Crippen LogP contribution >= 0.6 is 0 Å². The molecule has 0 saturated heterocycles. The molecule has 1 amide bonds. The second-order valence-electron chi connectivity index (χ2n) is 7.76.